The molecule has 2 nitrogen and oxygen atoms in total. The topological polar surface area (TPSA) is 18.5 Å². The molecular weight excluding hydrogens is 412 g/mol. The molecule has 0 radical (unpaired) electrons. The van der Waals surface area contributed by atoms with E-state index in [1.54, 1.807) is 12.1 Å². The van der Waals surface area contributed by atoms with E-state index in [0.717, 1.165) is 18.9 Å². The SMILES string of the molecule is CCCC(C)c1ccc(Oc2ccc(OCC=C(Cl)Cl)c(C(F)(F)F)c2)cc1. The fourth-order valence-corrected chi connectivity index (χ4v) is 2.84. The first-order valence-corrected chi connectivity index (χ1v) is 9.59. The van der Waals surface area contributed by atoms with Gasteiger partial charge in [0.2, 0.25) is 0 Å². The van der Waals surface area contributed by atoms with Gasteiger partial charge >= 0.3 is 6.18 Å². The molecule has 28 heavy (non-hydrogen) atoms. The Morgan fingerprint density at radius 1 is 1.07 bits per heavy atom. The van der Waals surface area contributed by atoms with Crippen molar-refractivity contribution in [3.63, 3.8) is 0 Å². The summed E-state index contributed by atoms with van der Waals surface area (Å²) in [7, 11) is 0. The Hall–Kier alpha value is -1.85. The van der Waals surface area contributed by atoms with Crippen LogP contribution in [0.4, 0.5) is 13.2 Å². The third-order valence-electron chi connectivity index (χ3n) is 4.14. The molecule has 0 aliphatic rings. The average molecular weight is 433 g/mol. The quantitative estimate of drug-likeness (QED) is 0.419. The molecule has 0 bridgehead atoms. The Labute approximate surface area is 172 Å². The van der Waals surface area contributed by atoms with Crippen molar-refractivity contribution in [1.82, 2.24) is 0 Å². The van der Waals surface area contributed by atoms with Crippen LogP contribution in [0, 0.1) is 0 Å². The highest BCUT2D eigenvalue weighted by Crippen LogP contribution is 2.39. The van der Waals surface area contributed by atoms with Crippen LogP contribution in [0.15, 0.2) is 53.0 Å². The summed E-state index contributed by atoms with van der Waals surface area (Å²) in [5.74, 6) is 0.628. The number of hydrogen-bond acceptors (Lipinski definition) is 2. The maximum atomic E-state index is 13.4. The Balaban J connectivity index is 2.18. The van der Waals surface area contributed by atoms with Crippen molar-refractivity contribution >= 4 is 23.2 Å². The summed E-state index contributed by atoms with van der Waals surface area (Å²) in [4.78, 5) is 0. The second-order valence-electron chi connectivity index (χ2n) is 6.32. The Bertz CT molecular complexity index is 798. The average Bonchev–Trinajstić information content (AvgIpc) is 2.62. The minimum atomic E-state index is -4.59. The van der Waals surface area contributed by atoms with E-state index in [2.05, 4.69) is 13.8 Å². The van der Waals surface area contributed by atoms with Crippen LogP contribution in [0.2, 0.25) is 0 Å². The van der Waals surface area contributed by atoms with Crippen LogP contribution in [0.3, 0.4) is 0 Å². The van der Waals surface area contributed by atoms with E-state index in [1.165, 1.54) is 23.8 Å². The Kier molecular flexibility index (Phi) is 8.08. The molecule has 0 heterocycles. The minimum Gasteiger partial charge on any atom is -0.489 e. The first kappa shape index (κ1) is 22.4. The van der Waals surface area contributed by atoms with Crippen molar-refractivity contribution in [2.24, 2.45) is 0 Å². The van der Waals surface area contributed by atoms with Crippen molar-refractivity contribution in [2.75, 3.05) is 6.61 Å². The molecule has 1 unspecified atom stereocenters. The number of halogens is 5. The summed E-state index contributed by atoms with van der Waals surface area (Å²) in [6.45, 7) is 4.09. The van der Waals surface area contributed by atoms with Crippen LogP contribution < -0.4 is 9.47 Å². The molecule has 0 N–H and O–H groups in total. The van der Waals surface area contributed by atoms with Gasteiger partial charge in [0.25, 0.3) is 0 Å². The van der Waals surface area contributed by atoms with Crippen molar-refractivity contribution in [1.29, 1.82) is 0 Å². The Morgan fingerprint density at radius 3 is 2.29 bits per heavy atom. The monoisotopic (exact) mass is 432 g/mol. The lowest BCUT2D eigenvalue weighted by atomic mass is 9.97. The smallest absolute Gasteiger partial charge is 0.420 e. The third-order valence-corrected chi connectivity index (χ3v) is 4.45. The molecule has 0 spiro atoms. The predicted octanol–water partition coefficient (Wildman–Crippen LogP) is 8.10. The molecule has 0 fully saturated rings. The molecular formula is C21H21Cl2F3O2. The van der Waals surface area contributed by atoms with Gasteiger partial charge in [-0.2, -0.15) is 13.2 Å². The van der Waals surface area contributed by atoms with Gasteiger partial charge in [-0.15, -0.1) is 0 Å². The van der Waals surface area contributed by atoms with Gasteiger partial charge in [-0.05, 0) is 54.3 Å². The lowest BCUT2D eigenvalue weighted by molar-refractivity contribution is -0.138. The number of ether oxygens (including phenoxy) is 2. The van der Waals surface area contributed by atoms with Crippen LogP contribution in [0.5, 0.6) is 17.2 Å². The summed E-state index contributed by atoms with van der Waals surface area (Å²) in [6.07, 6.45) is -1.18. The zero-order chi connectivity index (χ0) is 20.7. The lowest BCUT2D eigenvalue weighted by Crippen LogP contribution is -2.09. The van der Waals surface area contributed by atoms with E-state index in [-0.39, 0.29) is 22.6 Å². The van der Waals surface area contributed by atoms with E-state index >= 15 is 0 Å². The van der Waals surface area contributed by atoms with Crippen LogP contribution in [-0.4, -0.2) is 6.61 Å². The number of hydrogen-bond donors (Lipinski definition) is 0. The highest BCUT2D eigenvalue weighted by atomic mass is 35.5. The fourth-order valence-electron chi connectivity index (χ4n) is 2.71. The van der Waals surface area contributed by atoms with Gasteiger partial charge in [-0.1, -0.05) is 55.6 Å². The second-order valence-corrected chi connectivity index (χ2v) is 7.33. The summed E-state index contributed by atoms with van der Waals surface area (Å²) >= 11 is 10.9. The van der Waals surface area contributed by atoms with E-state index in [0.29, 0.717) is 11.7 Å². The van der Waals surface area contributed by atoms with Crippen LogP contribution in [0.1, 0.15) is 43.7 Å². The standard InChI is InChI=1S/C21H21Cl2F3O2/c1-3-4-14(2)15-5-7-16(8-6-15)28-17-9-10-19(27-12-11-20(22)23)18(13-17)21(24,25)26/h5-11,13-14H,3-4,12H2,1-2H3. The summed E-state index contributed by atoms with van der Waals surface area (Å²) < 4.78 is 50.7. The summed E-state index contributed by atoms with van der Waals surface area (Å²) in [6, 6.07) is 10.9. The van der Waals surface area contributed by atoms with Crippen LogP contribution >= 0.6 is 23.2 Å². The zero-order valence-electron chi connectivity index (χ0n) is 15.5. The number of benzene rings is 2. The van der Waals surface area contributed by atoms with Crippen molar-refractivity contribution in [2.45, 2.75) is 38.8 Å². The molecule has 0 amide bonds. The molecule has 1 atom stereocenters. The second kappa shape index (κ2) is 10.1. The van der Waals surface area contributed by atoms with Gasteiger partial charge in [-0.25, -0.2) is 0 Å². The molecule has 0 saturated heterocycles. The molecule has 152 valence electrons. The Morgan fingerprint density at radius 2 is 1.71 bits per heavy atom. The van der Waals surface area contributed by atoms with Gasteiger partial charge < -0.3 is 9.47 Å². The largest absolute Gasteiger partial charge is 0.489 e. The molecule has 0 aromatic heterocycles. The highest BCUT2D eigenvalue weighted by molar-refractivity contribution is 6.55. The molecule has 2 aromatic rings. The molecule has 0 saturated carbocycles. The van der Waals surface area contributed by atoms with Crippen molar-refractivity contribution < 1.29 is 22.6 Å². The van der Waals surface area contributed by atoms with E-state index in [9.17, 15) is 13.2 Å². The van der Waals surface area contributed by atoms with Gasteiger partial charge in [0.05, 0.1) is 0 Å². The maximum Gasteiger partial charge on any atom is 0.420 e. The van der Waals surface area contributed by atoms with Gasteiger partial charge in [0.15, 0.2) is 0 Å². The third kappa shape index (κ3) is 6.64. The maximum absolute atomic E-state index is 13.4. The number of rotatable bonds is 8. The first-order chi connectivity index (χ1) is 13.2. The molecule has 2 aromatic carbocycles. The van der Waals surface area contributed by atoms with Gasteiger partial charge in [-0.3, -0.25) is 0 Å². The van der Waals surface area contributed by atoms with Crippen LogP contribution in [0.25, 0.3) is 0 Å². The molecule has 0 aliphatic carbocycles. The molecule has 2 rings (SSSR count). The van der Waals surface area contributed by atoms with Crippen molar-refractivity contribution in [3.8, 4) is 17.2 Å². The lowest BCUT2D eigenvalue weighted by Gasteiger charge is -2.15. The zero-order valence-corrected chi connectivity index (χ0v) is 17.0. The van der Waals surface area contributed by atoms with Crippen molar-refractivity contribution in [3.05, 3.63) is 64.2 Å². The van der Waals surface area contributed by atoms with Gasteiger partial charge in [0.1, 0.15) is 33.9 Å². The fraction of sp³-hybridized carbons (Fsp3) is 0.333. The van der Waals surface area contributed by atoms with Gasteiger partial charge in [0, 0.05) is 0 Å². The normalized spacial score (nSPS) is 12.4. The van der Waals surface area contributed by atoms with E-state index < -0.39 is 11.7 Å². The molecule has 0 aliphatic heterocycles. The minimum absolute atomic E-state index is 0.0694. The molecule has 7 heteroatoms. The predicted molar refractivity (Wildman–Crippen MR) is 107 cm³/mol. The van der Waals surface area contributed by atoms with E-state index in [1.807, 2.05) is 12.1 Å². The van der Waals surface area contributed by atoms with Crippen LogP contribution in [-0.2, 0) is 6.18 Å². The first-order valence-electron chi connectivity index (χ1n) is 8.83. The van der Waals surface area contributed by atoms with E-state index in [4.69, 9.17) is 32.7 Å². The number of alkyl halides is 3. The summed E-state index contributed by atoms with van der Waals surface area (Å²) in [5, 5.41) is 0. The summed E-state index contributed by atoms with van der Waals surface area (Å²) in [5.41, 5.74) is 0.234. The highest BCUT2D eigenvalue weighted by Gasteiger charge is 2.35.